The number of nitrogen functional groups attached to an aromatic ring is 1. The number of ether oxygens (including phenoxy) is 1. The Hall–Kier alpha value is -1.15. The maximum Gasteiger partial charge on any atom is 0.275 e. The molecule has 0 radical (unpaired) electrons. The topological polar surface area (TPSA) is 64.3 Å². The van der Waals surface area contributed by atoms with Crippen molar-refractivity contribution in [2.24, 2.45) is 5.84 Å². The lowest BCUT2D eigenvalue weighted by Crippen LogP contribution is -2.29. The number of halogens is 1. The van der Waals surface area contributed by atoms with E-state index in [0.717, 1.165) is 10.5 Å². The first-order chi connectivity index (χ1) is 9.69. The molecule has 0 aliphatic rings. The Kier molecular flexibility index (Phi) is 5.36. The Morgan fingerprint density at radius 2 is 2.35 bits per heavy atom. The van der Waals surface area contributed by atoms with Crippen molar-refractivity contribution in [1.82, 2.24) is 5.43 Å². The van der Waals surface area contributed by atoms with E-state index in [4.69, 9.17) is 10.6 Å². The Bertz CT molecular complexity index is 616. The molecule has 20 heavy (non-hydrogen) atoms. The standard InChI is InChI=1S/C13H15FN2O2S2/c1-18-5-6-19-7-8-11-9(14)3-2-4-10(11)20-12(8)13(17)16-15/h2-4H,5-7,15H2,1H3,(H,16,17). The first kappa shape index (κ1) is 15.2. The molecule has 0 saturated heterocycles. The molecular formula is C13H15FN2O2S2. The summed E-state index contributed by atoms with van der Waals surface area (Å²) in [5.74, 6) is 5.84. The van der Waals surface area contributed by atoms with E-state index < -0.39 is 0 Å². The van der Waals surface area contributed by atoms with Crippen LogP contribution in [0, 0.1) is 5.82 Å². The Balaban J connectivity index is 2.38. The van der Waals surface area contributed by atoms with Crippen LogP contribution in [0.2, 0.25) is 0 Å². The van der Waals surface area contributed by atoms with Crippen LogP contribution in [0.1, 0.15) is 15.2 Å². The molecule has 1 amide bonds. The number of amides is 1. The lowest BCUT2D eigenvalue weighted by atomic mass is 10.1. The van der Waals surface area contributed by atoms with Gasteiger partial charge in [0.05, 0.1) is 11.5 Å². The van der Waals surface area contributed by atoms with Crippen molar-refractivity contribution in [1.29, 1.82) is 0 Å². The molecule has 0 bridgehead atoms. The van der Waals surface area contributed by atoms with Gasteiger partial charge in [-0.2, -0.15) is 11.8 Å². The summed E-state index contributed by atoms with van der Waals surface area (Å²) < 4.78 is 19.7. The summed E-state index contributed by atoms with van der Waals surface area (Å²) in [4.78, 5) is 12.3. The highest BCUT2D eigenvalue weighted by Gasteiger charge is 2.19. The monoisotopic (exact) mass is 314 g/mol. The maximum absolute atomic E-state index is 14.0. The summed E-state index contributed by atoms with van der Waals surface area (Å²) in [6.07, 6.45) is 0. The molecule has 0 aliphatic carbocycles. The van der Waals surface area contributed by atoms with Crippen LogP contribution in [0.25, 0.3) is 10.1 Å². The number of hydrazine groups is 1. The van der Waals surface area contributed by atoms with Gasteiger partial charge in [-0.15, -0.1) is 11.3 Å². The third kappa shape index (κ3) is 3.12. The fraction of sp³-hybridized carbons (Fsp3) is 0.308. The van der Waals surface area contributed by atoms with E-state index in [0.29, 0.717) is 28.2 Å². The van der Waals surface area contributed by atoms with E-state index in [1.807, 2.05) is 0 Å². The minimum Gasteiger partial charge on any atom is -0.384 e. The average molecular weight is 314 g/mol. The molecule has 108 valence electrons. The zero-order valence-corrected chi connectivity index (χ0v) is 12.6. The molecule has 1 heterocycles. The minimum atomic E-state index is -0.382. The molecule has 1 aromatic carbocycles. The van der Waals surface area contributed by atoms with Crippen molar-refractivity contribution >= 4 is 39.1 Å². The third-order valence-electron chi connectivity index (χ3n) is 2.78. The van der Waals surface area contributed by atoms with Gasteiger partial charge in [0, 0.05) is 28.7 Å². The van der Waals surface area contributed by atoms with Crippen molar-refractivity contribution in [2.45, 2.75) is 5.75 Å². The molecule has 1 aromatic heterocycles. The normalized spacial score (nSPS) is 10.9. The molecule has 0 saturated carbocycles. The van der Waals surface area contributed by atoms with Crippen molar-refractivity contribution < 1.29 is 13.9 Å². The molecule has 0 aliphatic heterocycles. The Morgan fingerprint density at radius 3 is 3.05 bits per heavy atom. The lowest BCUT2D eigenvalue weighted by Gasteiger charge is -2.04. The highest BCUT2D eigenvalue weighted by atomic mass is 32.2. The summed E-state index contributed by atoms with van der Waals surface area (Å²) >= 11 is 2.85. The first-order valence-electron chi connectivity index (χ1n) is 5.96. The summed E-state index contributed by atoms with van der Waals surface area (Å²) in [6, 6.07) is 4.85. The molecule has 2 aromatic rings. The van der Waals surface area contributed by atoms with Gasteiger partial charge in [-0.05, 0) is 17.7 Å². The average Bonchev–Trinajstić information content (AvgIpc) is 2.83. The predicted octanol–water partition coefficient (Wildman–Crippen LogP) is 2.52. The van der Waals surface area contributed by atoms with Crippen molar-refractivity contribution in [3.8, 4) is 0 Å². The summed E-state index contributed by atoms with van der Waals surface area (Å²) in [6.45, 7) is 0.619. The van der Waals surface area contributed by atoms with Crippen LogP contribution >= 0.6 is 23.1 Å². The Labute approximate surface area is 124 Å². The second-order valence-corrected chi connectivity index (χ2v) is 6.20. The number of methoxy groups -OCH3 is 1. The van der Waals surface area contributed by atoms with Crippen LogP contribution in [0.15, 0.2) is 18.2 Å². The van der Waals surface area contributed by atoms with Crippen LogP contribution in [-0.2, 0) is 10.5 Å². The molecule has 0 atom stereocenters. The van der Waals surface area contributed by atoms with Crippen molar-refractivity contribution in [2.75, 3.05) is 19.5 Å². The number of fused-ring (bicyclic) bond motifs is 1. The van der Waals surface area contributed by atoms with E-state index in [-0.39, 0.29) is 11.7 Å². The van der Waals surface area contributed by atoms with Gasteiger partial charge in [0.2, 0.25) is 0 Å². The predicted molar refractivity (Wildman–Crippen MR) is 81.5 cm³/mol. The Morgan fingerprint density at radius 1 is 1.55 bits per heavy atom. The number of nitrogens with two attached hydrogens (primary N) is 1. The highest BCUT2D eigenvalue weighted by Crippen LogP contribution is 2.35. The summed E-state index contributed by atoms with van der Waals surface area (Å²) in [7, 11) is 1.63. The largest absolute Gasteiger partial charge is 0.384 e. The van der Waals surface area contributed by atoms with Gasteiger partial charge in [-0.3, -0.25) is 10.2 Å². The number of nitrogens with one attached hydrogen (secondary N) is 1. The molecular weight excluding hydrogens is 299 g/mol. The molecule has 2 rings (SSSR count). The van der Waals surface area contributed by atoms with Gasteiger partial charge < -0.3 is 4.74 Å². The smallest absolute Gasteiger partial charge is 0.275 e. The van der Waals surface area contributed by atoms with Crippen LogP contribution in [0.4, 0.5) is 4.39 Å². The molecule has 4 nitrogen and oxygen atoms in total. The first-order valence-corrected chi connectivity index (χ1v) is 7.93. The van der Waals surface area contributed by atoms with Gasteiger partial charge >= 0.3 is 0 Å². The molecule has 0 fully saturated rings. The van der Waals surface area contributed by atoms with Gasteiger partial charge in [0.15, 0.2) is 0 Å². The van der Waals surface area contributed by atoms with Crippen molar-refractivity contribution in [3.05, 3.63) is 34.5 Å². The summed E-state index contributed by atoms with van der Waals surface area (Å²) in [5.41, 5.74) is 2.82. The number of thiophene rings is 1. The number of carbonyl (C=O) groups excluding carboxylic acids is 1. The van der Waals surface area contributed by atoms with Crippen LogP contribution in [0.5, 0.6) is 0 Å². The number of hydrogen-bond acceptors (Lipinski definition) is 5. The molecule has 0 unspecified atom stereocenters. The van der Waals surface area contributed by atoms with Gasteiger partial charge in [-0.25, -0.2) is 10.2 Å². The molecule has 3 N–H and O–H groups in total. The van der Waals surface area contributed by atoms with Crippen LogP contribution < -0.4 is 11.3 Å². The van der Waals surface area contributed by atoms with Crippen LogP contribution in [-0.4, -0.2) is 25.4 Å². The second-order valence-electron chi connectivity index (χ2n) is 4.04. The number of rotatable bonds is 6. The zero-order valence-electron chi connectivity index (χ0n) is 10.9. The number of hydrogen-bond donors (Lipinski definition) is 2. The zero-order chi connectivity index (χ0) is 14.5. The van der Waals surface area contributed by atoms with E-state index in [9.17, 15) is 9.18 Å². The van der Waals surface area contributed by atoms with Gasteiger partial charge in [-0.1, -0.05) is 6.07 Å². The van der Waals surface area contributed by atoms with E-state index in [1.54, 1.807) is 31.0 Å². The molecule has 0 spiro atoms. The molecule has 7 heteroatoms. The number of benzene rings is 1. The van der Waals surface area contributed by atoms with Crippen LogP contribution in [0.3, 0.4) is 0 Å². The summed E-state index contributed by atoms with van der Waals surface area (Å²) in [5, 5.41) is 0.515. The fourth-order valence-corrected chi connectivity index (χ4v) is 4.02. The fourth-order valence-electron chi connectivity index (χ4n) is 1.87. The number of carbonyl (C=O) groups is 1. The second kappa shape index (κ2) is 7.03. The van der Waals surface area contributed by atoms with Gasteiger partial charge in [0.1, 0.15) is 5.82 Å². The lowest BCUT2D eigenvalue weighted by molar-refractivity contribution is 0.0957. The van der Waals surface area contributed by atoms with Crippen molar-refractivity contribution in [3.63, 3.8) is 0 Å². The van der Waals surface area contributed by atoms with E-state index in [2.05, 4.69) is 5.43 Å². The highest BCUT2D eigenvalue weighted by molar-refractivity contribution is 7.98. The SMILES string of the molecule is COCCSCc1c(C(=O)NN)sc2cccc(F)c12. The quantitative estimate of drug-likeness (QED) is 0.372. The maximum atomic E-state index is 14.0. The third-order valence-corrected chi connectivity index (χ3v) is 4.92. The van der Waals surface area contributed by atoms with E-state index in [1.165, 1.54) is 17.4 Å². The van der Waals surface area contributed by atoms with E-state index >= 15 is 0 Å². The minimum absolute atomic E-state index is 0.308. The van der Waals surface area contributed by atoms with Gasteiger partial charge in [0.25, 0.3) is 5.91 Å². The number of thioether (sulfide) groups is 1.